The van der Waals surface area contributed by atoms with Gasteiger partial charge in [-0.15, -0.1) is 11.8 Å². The van der Waals surface area contributed by atoms with Crippen LogP contribution < -0.4 is 0 Å². The van der Waals surface area contributed by atoms with Crippen LogP contribution in [0.4, 0.5) is 0 Å². The first-order chi connectivity index (χ1) is 8.65. The lowest BCUT2D eigenvalue weighted by Crippen LogP contribution is -2.08. The Morgan fingerprint density at radius 2 is 2.06 bits per heavy atom. The zero-order valence-corrected chi connectivity index (χ0v) is 12.1. The van der Waals surface area contributed by atoms with Crippen molar-refractivity contribution < 1.29 is 4.79 Å². The molecular weight excluding hydrogens is 266 g/mol. The van der Waals surface area contributed by atoms with Gasteiger partial charge >= 0.3 is 0 Å². The van der Waals surface area contributed by atoms with E-state index in [1.165, 1.54) is 0 Å². The molecule has 0 unspecified atom stereocenters. The van der Waals surface area contributed by atoms with Gasteiger partial charge in [0.25, 0.3) is 0 Å². The van der Waals surface area contributed by atoms with E-state index in [-0.39, 0.29) is 5.78 Å². The first-order valence-corrected chi connectivity index (χ1v) is 7.00. The van der Waals surface area contributed by atoms with Crippen LogP contribution in [0, 0.1) is 0 Å². The fourth-order valence-corrected chi connectivity index (χ4v) is 2.36. The van der Waals surface area contributed by atoms with Crippen molar-refractivity contribution >= 4 is 34.9 Å². The minimum absolute atomic E-state index is 0.0924. The number of carbonyl (C=O) groups excluding carboxylic acids is 1. The van der Waals surface area contributed by atoms with Crippen LogP contribution in [0.25, 0.3) is 0 Å². The third kappa shape index (κ3) is 5.52. The predicted molar refractivity (Wildman–Crippen MR) is 80.0 cm³/mol. The molecule has 0 aromatic heterocycles. The van der Waals surface area contributed by atoms with Crippen LogP contribution in [0.5, 0.6) is 0 Å². The summed E-state index contributed by atoms with van der Waals surface area (Å²) in [6.45, 7) is 1.84. The van der Waals surface area contributed by atoms with E-state index in [0.29, 0.717) is 6.42 Å². The highest BCUT2D eigenvalue weighted by molar-refractivity contribution is 8.00. The summed E-state index contributed by atoms with van der Waals surface area (Å²) in [5.74, 6) is 0.816. The molecule has 0 aliphatic carbocycles. The minimum atomic E-state index is 0.0924. The molecule has 0 aliphatic rings. The van der Waals surface area contributed by atoms with Gasteiger partial charge in [-0.05, 0) is 37.3 Å². The Morgan fingerprint density at radius 1 is 1.39 bits per heavy atom. The molecular formula is C14H16ClNOS. The fourth-order valence-electron chi connectivity index (χ4n) is 1.34. The molecule has 4 heteroatoms. The number of halogens is 1. The number of benzene rings is 1. The topological polar surface area (TPSA) is 29.4 Å². The smallest absolute Gasteiger partial charge is 0.160 e. The number of rotatable bonds is 6. The van der Waals surface area contributed by atoms with Crippen molar-refractivity contribution in [1.29, 1.82) is 0 Å². The normalized spacial score (nSPS) is 12.1. The monoisotopic (exact) mass is 281 g/mol. The molecule has 0 heterocycles. The Labute approximate surface area is 117 Å². The van der Waals surface area contributed by atoms with E-state index in [1.807, 2.05) is 31.2 Å². The highest BCUT2D eigenvalue weighted by atomic mass is 35.5. The molecule has 0 radical (unpaired) electrons. The van der Waals surface area contributed by atoms with Gasteiger partial charge in [-0.3, -0.25) is 9.79 Å². The van der Waals surface area contributed by atoms with Crippen LogP contribution in [-0.2, 0) is 4.79 Å². The molecule has 1 aromatic rings. The summed E-state index contributed by atoms with van der Waals surface area (Å²) in [5, 5.41) is 0.729. The highest BCUT2D eigenvalue weighted by Crippen LogP contribution is 2.20. The average molecular weight is 282 g/mol. The molecule has 0 saturated carbocycles. The maximum absolute atomic E-state index is 11.5. The summed E-state index contributed by atoms with van der Waals surface area (Å²) in [5.41, 5.74) is 0.901. The van der Waals surface area contributed by atoms with Gasteiger partial charge in [0.05, 0.1) is 0 Å². The van der Waals surface area contributed by atoms with E-state index < -0.39 is 0 Å². The van der Waals surface area contributed by atoms with Gasteiger partial charge in [0.1, 0.15) is 0 Å². The Morgan fingerprint density at radius 3 is 2.61 bits per heavy atom. The van der Waals surface area contributed by atoms with Gasteiger partial charge in [0.2, 0.25) is 0 Å². The largest absolute Gasteiger partial charge is 0.296 e. The van der Waals surface area contributed by atoms with Crippen molar-refractivity contribution in [3.05, 3.63) is 41.4 Å². The summed E-state index contributed by atoms with van der Waals surface area (Å²) in [6.07, 6.45) is 3.72. The minimum Gasteiger partial charge on any atom is -0.296 e. The Hall–Kier alpha value is -1.06. The lowest BCUT2D eigenvalue weighted by molar-refractivity contribution is -0.113. The number of allylic oxidation sites excluding steroid dienone is 2. The zero-order valence-electron chi connectivity index (χ0n) is 10.5. The first-order valence-electron chi connectivity index (χ1n) is 5.64. The molecule has 0 atom stereocenters. The van der Waals surface area contributed by atoms with Gasteiger partial charge in [0, 0.05) is 34.9 Å². The lowest BCUT2D eigenvalue weighted by Gasteiger charge is -2.04. The summed E-state index contributed by atoms with van der Waals surface area (Å²) in [7, 11) is 1.72. The molecule has 0 spiro atoms. The second kappa shape index (κ2) is 8.11. The quantitative estimate of drug-likeness (QED) is 0.447. The number of aliphatic imine (C=N–C) groups is 1. The van der Waals surface area contributed by atoms with E-state index >= 15 is 0 Å². The molecule has 96 valence electrons. The third-order valence-corrected chi connectivity index (χ3v) is 3.60. The van der Waals surface area contributed by atoms with Crippen molar-refractivity contribution in [3.63, 3.8) is 0 Å². The number of hydrogen-bond acceptors (Lipinski definition) is 3. The van der Waals surface area contributed by atoms with Gasteiger partial charge < -0.3 is 0 Å². The van der Waals surface area contributed by atoms with E-state index in [2.05, 4.69) is 4.99 Å². The maximum Gasteiger partial charge on any atom is 0.160 e. The Balaban J connectivity index is 2.50. The SMILES string of the molecule is C/C=C/C(=O)CC(CSc1ccc(Cl)cc1)=NC. The van der Waals surface area contributed by atoms with Crippen LogP contribution in [0.15, 0.2) is 46.3 Å². The first kappa shape index (κ1) is 15.0. The molecule has 0 fully saturated rings. The molecule has 18 heavy (non-hydrogen) atoms. The van der Waals surface area contributed by atoms with E-state index in [9.17, 15) is 4.79 Å². The average Bonchev–Trinajstić information content (AvgIpc) is 2.36. The summed E-state index contributed by atoms with van der Waals surface area (Å²) >= 11 is 7.48. The van der Waals surface area contributed by atoms with Crippen LogP contribution in [0.3, 0.4) is 0 Å². The van der Waals surface area contributed by atoms with Crippen LogP contribution >= 0.6 is 23.4 Å². The van der Waals surface area contributed by atoms with Gasteiger partial charge in [0.15, 0.2) is 5.78 Å². The zero-order chi connectivity index (χ0) is 13.4. The van der Waals surface area contributed by atoms with E-state index in [1.54, 1.807) is 31.0 Å². The van der Waals surface area contributed by atoms with Gasteiger partial charge in [-0.1, -0.05) is 17.7 Å². The number of hydrogen-bond donors (Lipinski definition) is 0. The van der Waals surface area contributed by atoms with Crippen LogP contribution in [-0.4, -0.2) is 24.3 Å². The number of nitrogens with zero attached hydrogens (tertiary/aromatic N) is 1. The van der Waals surface area contributed by atoms with Crippen molar-refractivity contribution in [2.24, 2.45) is 4.99 Å². The van der Waals surface area contributed by atoms with Crippen LogP contribution in [0.2, 0.25) is 5.02 Å². The molecule has 0 saturated heterocycles. The van der Waals surface area contributed by atoms with E-state index in [4.69, 9.17) is 11.6 Å². The Bertz CT molecular complexity index is 451. The van der Waals surface area contributed by atoms with Gasteiger partial charge in [-0.2, -0.15) is 0 Å². The highest BCUT2D eigenvalue weighted by Gasteiger charge is 2.05. The second-order valence-corrected chi connectivity index (χ2v) is 5.16. The predicted octanol–water partition coefficient (Wildman–Crippen LogP) is 4.04. The maximum atomic E-state index is 11.5. The summed E-state index contributed by atoms with van der Waals surface area (Å²) < 4.78 is 0. The molecule has 2 nitrogen and oxygen atoms in total. The molecule has 0 N–H and O–H groups in total. The molecule has 1 aromatic carbocycles. The van der Waals surface area contributed by atoms with Crippen molar-refractivity contribution in [2.75, 3.05) is 12.8 Å². The van der Waals surface area contributed by atoms with Crippen LogP contribution in [0.1, 0.15) is 13.3 Å². The molecule has 0 bridgehead atoms. The number of ketones is 1. The fraction of sp³-hybridized carbons (Fsp3) is 0.286. The Kier molecular flexibility index (Phi) is 6.76. The van der Waals surface area contributed by atoms with E-state index in [0.717, 1.165) is 21.4 Å². The second-order valence-electron chi connectivity index (χ2n) is 3.68. The molecule has 0 amide bonds. The lowest BCUT2D eigenvalue weighted by atomic mass is 10.2. The van der Waals surface area contributed by atoms with Crippen molar-refractivity contribution in [3.8, 4) is 0 Å². The molecule has 0 aliphatic heterocycles. The summed E-state index contributed by atoms with van der Waals surface area (Å²) in [4.78, 5) is 16.8. The third-order valence-electron chi connectivity index (χ3n) is 2.27. The van der Waals surface area contributed by atoms with Crippen molar-refractivity contribution in [1.82, 2.24) is 0 Å². The standard InChI is InChI=1S/C14H16ClNOS/c1-3-4-13(17)9-12(16-2)10-18-14-7-5-11(15)6-8-14/h3-8H,9-10H2,1-2H3/b4-3+,16-12?. The summed E-state index contributed by atoms with van der Waals surface area (Å²) in [6, 6.07) is 7.65. The van der Waals surface area contributed by atoms with Gasteiger partial charge in [-0.25, -0.2) is 0 Å². The number of carbonyl (C=O) groups is 1. The van der Waals surface area contributed by atoms with Crippen molar-refractivity contribution in [2.45, 2.75) is 18.2 Å². The molecule has 1 rings (SSSR count). The number of thioether (sulfide) groups is 1.